The van der Waals surface area contributed by atoms with E-state index in [-0.39, 0.29) is 6.16 Å². The summed E-state index contributed by atoms with van der Waals surface area (Å²) in [5.74, 6) is 0. The van der Waals surface area contributed by atoms with E-state index in [0.717, 1.165) is 17.7 Å². The summed E-state index contributed by atoms with van der Waals surface area (Å²) in [5, 5.41) is 0. The van der Waals surface area contributed by atoms with Gasteiger partial charge in [-0.05, 0) is 61.2 Å². The maximum Gasteiger partial charge on any atom is 0.325 e. The van der Waals surface area contributed by atoms with Crippen LogP contribution in [0.2, 0.25) is 0 Å². The van der Waals surface area contributed by atoms with E-state index < -0.39 is 7.60 Å². The minimum Gasteiger partial charge on any atom is -0.324 e. The summed E-state index contributed by atoms with van der Waals surface area (Å²) >= 11 is 0. The fourth-order valence-electron chi connectivity index (χ4n) is 3.85. The quantitative estimate of drug-likeness (QED) is 0.456. The molecule has 0 saturated heterocycles. The molecule has 0 atom stereocenters. The first kappa shape index (κ1) is 18.9. The maximum atomic E-state index is 11.1. The third kappa shape index (κ3) is 3.90. The number of rotatable bonds is 4. The van der Waals surface area contributed by atoms with Gasteiger partial charge in [0.15, 0.2) is 0 Å². The van der Waals surface area contributed by atoms with Crippen LogP contribution in [0.25, 0.3) is 0 Å². The highest BCUT2D eigenvalue weighted by Crippen LogP contribution is 2.44. The van der Waals surface area contributed by atoms with Crippen molar-refractivity contribution >= 4 is 24.7 Å². The lowest BCUT2D eigenvalue weighted by Crippen LogP contribution is -2.18. The fraction of sp³-hybridized carbons (Fsp3) is 0.217. The monoisotopic (exact) mass is 393 g/mol. The largest absolute Gasteiger partial charge is 0.325 e. The molecular weight excluding hydrogens is 369 g/mol. The zero-order valence-corrected chi connectivity index (χ0v) is 17.0. The number of nitrogens with zero attached hydrogens (tertiary/aromatic N) is 1. The van der Waals surface area contributed by atoms with Crippen LogP contribution >= 0.6 is 7.60 Å². The summed E-state index contributed by atoms with van der Waals surface area (Å²) < 4.78 is 11.1. The van der Waals surface area contributed by atoms with Crippen LogP contribution in [0.1, 0.15) is 27.8 Å². The molecule has 1 aliphatic heterocycles. The van der Waals surface area contributed by atoms with Gasteiger partial charge in [0.1, 0.15) is 0 Å². The molecular formula is C23H24NO3P. The Morgan fingerprint density at radius 2 is 1.39 bits per heavy atom. The van der Waals surface area contributed by atoms with Crippen molar-refractivity contribution in [3.8, 4) is 0 Å². The van der Waals surface area contributed by atoms with Crippen LogP contribution in [-0.4, -0.2) is 15.9 Å². The van der Waals surface area contributed by atoms with Crippen LogP contribution in [0.15, 0.2) is 60.7 Å². The van der Waals surface area contributed by atoms with Gasteiger partial charge < -0.3 is 14.7 Å². The van der Waals surface area contributed by atoms with Gasteiger partial charge in [-0.3, -0.25) is 4.57 Å². The van der Waals surface area contributed by atoms with E-state index >= 15 is 0 Å². The minimum absolute atomic E-state index is 0.125. The zero-order chi connectivity index (χ0) is 19.9. The van der Waals surface area contributed by atoms with Gasteiger partial charge in [0.05, 0.1) is 6.16 Å². The number of fused-ring (bicyclic) bond motifs is 2. The van der Waals surface area contributed by atoms with Crippen molar-refractivity contribution in [3.63, 3.8) is 0 Å². The van der Waals surface area contributed by atoms with Gasteiger partial charge in [0.25, 0.3) is 0 Å². The van der Waals surface area contributed by atoms with Crippen molar-refractivity contribution in [2.24, 2.45) is 0 Å². The summed E-state index contributed by atoms with van der Waals surface area (Å²) in [6.07, 6.45) is 1.17. The molecule has 4 nitrogen and oxygen atoms in total. The molecule has 3 aromatic carbocycles. The predicted octanol–water partition coefficient (Wildman–Crippen LogP) is 5.40. The summed E-state index contributed by atoms with van der Waals surface area (Å²) in [5.41, 5.74) is 9.47. The molecule has 28 heavy (non-hydrogen) atoms. The first-order valence-electron chi connectivity index (χ1n) is 9.43. The van der Waals surface area contributed by atoms with E-state index in [1.54, 1.807) is 0 Å². The topological polar surface area (TPSA) is 60.8 Å². The Labute approximate surface area is 165 Å². The molecule has 3 aromatic rings. The summed E-state index contributed by atoms with van der Waals surface area (Å²) in [6, 6.07) is 21.1. The van der Waals surface area contributed by atoms with Crippen LogP contribution in [0, 0.1) is 13.8 Å². The molecule has 2 N–H and O–H groups in total. The smallest absolute Gasteiger partial charge is 0.324 e. The first-order valence-corrected chi connectivity index (χ1v) is 11.2. The van der Waals surface area contributed by atoms with Crippen LogP contribution in [0.3, 0.4) is 0 Å². The molecule has 0 aromatic heterocycles. The van der Waals surface area contributed by atoms with Gasteiger partial charge in [-0.2, -0.15) is 0 Å². The summed E-state index contributed by atoms with van der Waals surface area (Å²) in [6.45, 7) is 4.23. The Kier molecular flexibility index (Phi) is 4.88. The van der Waals surface area contributed by atoms with Crippen molar-refractivity contribution < 1.29 is 14.4 Å². The van der Waals surface area contributed by atoms with Crippen molar-refractivity contribution in [2.45, 2.75) is 26.7 Å². The lowest BCUT2D eigenvalue weighted by atomic mass is 9.92. The first-order chi connectivity index (χ1) is 13.3. The van der Waals surface area contributed by atoms with Gasteiger partial charge in [0.2, 0.25) is 0 Å². The second-order valence-corrected chi connectivity index (χ2v) is 9.36. The van der Waals surface area contributed by atoms with E-state index in [2.05, 4.69) is 55.1 Å². The van der Waals surface area contributed by atoms with Gasteiger partial charge in [-0.15, -0.1) is 0 Å². The Morgan fingerprint density at radius 3 is 1.89 bits per heavy atom. The lowest BCUT2D eigenvalue weighted by Gasteiger charge is -2.34. The molecule has 144 valence electrons. The van der Waals surface area contributed by atoms with E-state index in [9.17, 15) is 4.57 Å². The van der Waals surface area contributed by atoms with Gasteiger partial charge in [0, 0.05) is 23.5 Å². The second-order valence-electron chi connectivity index (χ2n) is 7.58. The highest BCUT2D eigenvalue weighted by Gasteiger charge is 2.24. The van der Waals surface area contributed by atoms with Crippen molar-refractivity contribution in [2.75, 3.05) is 11.1 Å². The number of benzene rings is 3. The van der Waals surface area contributed by atoms with Gasteiger partial charge >= 0.3 is 7.60 Å². The molecule has 0 spiro atoms. The van der Waals surface area contributed by atoms with E-state index in [1.165, 1.54) is 33.6 Å². The Morgan fingerprint density at radius 1 is 0.857 bits per heavy atom. The SMILES string of the molecule is Cc1ccc2c(c1)Cc1cc(C)ccc1N2c1ccc(CCP(=O)(O)O)cc1. The molecule has 0 fully saturated rings. The average Bonchev–Trinajstić information content (AvgIpc) is 2.64. The molecule has 0 aliphatic carbocycles. The molecule has 5 heteroatoms. The second kappa shape index (κ2) is 7.21. The third-order valence-electron chi connectivity index (χ3n) is 5.22. The molecule has 0 radical (unpaired) electrons. The third-order valence-corrected chi connectivity index (χ3v) is 6.03. The van der Waals surface area contributed by atoms with Crippen LogP contribution in [0.4, 0.5) is 17.1 Å². The maximum absolute atomic E-state index is 11.1. The van der Waals surface area contributed by atoms with Crippen LogP contribution in [0.5, 0.6) is 0 Å². The highest BCUT2D eigenvalue weighted by atomic mass is 31.2. The molecule has 0 bridgehead atoms. The van der Waals surface area contributed by atoms with E-state index in [1.807, 2.05) is 24.3 Å². The van der Waals surface area contributed by atoms with Crippen LogP contribution in [-0.2, 0) is 17.4 Å². The Hall–Kier alpha value is -2.39. The Bertz CT molecular complexity index is 1020. The molecule has 0 saturated carbocycles. The molecule has 1 heterocycles. The van der Waals surface area contributed by atoms with Crippen molar-refractivity contribution in [1.29, 1.82) is 0 Å². The summed E-state index contributed by atoms with van der Waals surface area (Å²) in [7, 11) is -3.98. The van der Waals surface area contributed by atoms with Crippen LogP contribution < -0.4 is 4.90 Å². The van der Waals surface area contributed by atoms with E-state index in [0.29, 0.717) is 6.42 Å². The number of aryl methyl sites for hydroxylation is 3. The lowest BCUT2D eigenvalue weighted by molar-refractivity contribution is 0.373. The van der Waals surface area contributed by atoms with Gasteiger partial charge in [-0.25, -0.2) is 0 Å². The number of anilines is 3. The predicted molar refractivity (Wildman–Crippen MR) is 114 cm³/mol. The summed E-state index contributed by atoms with van der Waals surface area (Å²) in [4.78, 5) is 20.5. The zero-order valence-electron chi connectivity index (χ0n) is 16.1. The average molecular weight is 393 g/mol. The number of hydrogen-bond donors (Lipinski definition) is 2. The fourth-order valence-corrected chi connectivity index (χ4v) is 4.40. The van der Waals surface area contributed by atoms with Crippen molar-refractivity contribution in [1.82, 2.24) is 0 Å². The molecule has 1 aliphatic rings. The standard InChI is InChI=1S/C23H24NO3P/c1-16-3-9-22-19(13-16)15-20-14-17(2)4-10-23(20)24(22)21-7-5-18(6-8-21)11-12-28(25,26)27/h3-10,13-14H,11-12,15H2,1-2H3,(H2,25,26,27). The highest BCUT2D eigenvalue weighted by molar-refractivity contribution is 7.51. The number of hydrogen-bond acceptors (Lipinski definition) is 2. The van der Waals surface area contributed by atoms with E-state index in [4.69, 9.17) is 9.79 Å². The van der Waals surface area contributed by atoms with Gasteiger partial charge in [-0.1, -0.05) is 47.5 Å². The Balaban J connectivity index is 1.74. The minimum atomic E-state index is -3.98. The molecule has 4 rings (SSSR count). The normalized spacial score (nSPS) is 13.2. The molecule has 0 unspecified atom stereocenters. The van der Waals surface area contributed by atoms with Crippen molar-refractivity contribution in [3.05, 3.63) is 88.5 Å². The molecule has 0 amide bonds.